The largest absolute Gasteiger partial charge is 0.364 e. The van der Waals surface area contributed by atoms with Gasteiger partial charge in [-0.1, -0.05) is 0 Å². The standard InChI is InChI=1S/C6H4BrFN2O/c7-3-1-2-4(6(9)11)10-5(3)8/h1-2H,(H2,9,11). The molecule has 58 valence electrons. The zero-order valence-corrected chi connectivity index (χ0v) is 6.93. The molecule has 0 spiro atoms. The van der Waals surface area contributed by atoms with Gasteiger partial charge < -0.3 is 5.73 Å². The van der Waals surface area contributed by atoms with Crippen LogP contribution in [0.4, 0.5) is 4.39 Å². The molecular formula is C6H4BrFN2O. The number of nitrogens with zero attached hydrogens (tertiary/aromatic N) is 1. The highest BCUT2D eigenvalue weighted by molar-refractivity contribution is 9.10. The fourth-order valence-corrected chi connectivity index (χ4v) is 0.775. The number of pyridine rings is 1. The van der Waals surface area contributed by atoms with Gasteiger partial charge in [0.15, 0.2) is 0 Å². The Hall–Kier alpha value is -0.970. The lowest BCUT2D eigenvalue weighted by atomic mass is 10.3. The molecule has 0 aromatic carbocycles. The van der Waals surface area contributed by atoms with E-state index in [0.29, 0.717) is 0 Å². The van der Waals surface area contributed by atoms with Crippen molar-refractivity contribution < 1.29 is 9.18 Å². The number of halogens is 2. The minimum atomic E-state index is -0.739. The molecule has 1 amide bonds. The first kappa shape index (κ1) is 8.13. The van der Waals surface area contributed by atoms with Gasteiger partial charge in [0, 0.05) is 0 Å². The van der Waals surface area contributed by atoms with Gasteiger partial charge in [0.1, 0.15) is 5.69 Å². The Bertz CT molecular complexity index is 303. The molecule has 0 aliphatic rings. The van der Waals surface area contributed by atoms with Crippen LogP contribution in [0.2, 0.25) is 0 Å². The first-order valence-electron chi connectivity index (χ1n) is 2.73. The van der Waals surface area contributed by atoms with Crippen molar-refractivity contribution in [1.82, 2.24) is 4.98 Å². The molecule has 0 unspecified atom stereocenters. The quantitative estimate of drug-likeness (QED) is 0.718. The highest BCUT2D eigenvalue weighted by atomic mass is 79.9. The Morgan fingerprint density at radius 2 is 2.27 bits per heavy atom. The first-order chi connectivity index (χ1) is 5.11. The van der Waals surface area contributed by atoms with Gasteiger partial charge in [-0.3, -0.25) is 4.79 Å². The second-order valence-corrected chi connectivity index (χ2v) is 2.69. The Kier molecular flexibility index (Phi) is 2.19. The van der Waals surface area contributed by atoms with Gasteiger partial charge in [-0.05, 0) is 28.1 Å². The van der Waals surface area contributed by atoms with Crippen LogP contribution in [0.3, 0.4) is 0 Å². The Morgan fingerprint density at radius 3 is 2.73 bits per heavy atom. The number of rotatable bonds is 1. The van der Waals surface area contributed by atoms with Gasteiger partial charge in [0.25, 0.3) is 5.91 Å². The summed E-state index contributed by atoms with van der Waals surface area (Å²) in [5.41, 5.74) is 4.77. The lowest BCUT2D eigenvalue weighted by molar-refractivity contribution is 0.0994. The number of carbonyl (C=O) groups is 1. The van der Waals surface area contributed by atoms with E-state index in [-0.39, 0.29) is 10.2 Å². The van der Waals surface area contributed by atoms with Crippen molar-refractivity contribution in [2.24, 2.45) is 5.73 Å². The predicted molar refractivity (Wildman–Crippen MR) is 40.4 cm³/mol. The highest BCUT2D eigenvalue weighted by Crippen LogP contribution is 2.12. The summed E-state index contributed by atoms with van der Waals surface area (Å²) in [5.74, 6) is -1.47. The van der Waals surface area contributed by atoms with Crippen LogP contribution >= 0.6 is 15.9 Å². The number of carbonyl (C=O) groups excluding carboxylic acids is 1. The summed E-state index contributed by atoms with van der Waals surface area (Å²) < 4.78 is 12.8. The van der Waals surface area contributed by atoms with Crippen molar-refractivity contribution in [2.75, 3.05) is 0 Å². The molecule has 0 saturated heterocycles. The molecule has 3 nitrogen and oxygen atoms in total. The fourth-order valence-electron chi connectivity index (χ4n) is 0.555. The lowest BCUT2D eigenvalue weighted by Gasteiger charge is -1.95. The first-order valence-corrected chi connectivity index (χ1v) is 3.52. The molecule has 1 aromatic heterocycles. The predicted octanol–water partition coefficient (Wildman–Crippen LogP) is 1.08. The van der Waals surface area contributed by atoms with Crippen LogP contribution in [0.1, 0.15) is 10.5 Å². The average Bonchev–Trinajstić information content (AvgIpc) is 1.94. The van der Waals surface area contributed by atoms with Gasteiger partial charge >= 0.3 is 0 Å². The molecule has 0 fully saturated rings. The molecule has 2 N–H and O–H groups in total. The molecule has 11 heavy (non-hydrogen) atoms. The van der Waals surface area contributed by atoms with E-state index in [0.717, 1.165) is 0 Å². The molecule has 0 bridgehead atoms. The summed E-state index contributed by atoms with van der Waals surface area (Å²) >= 11 is 2.89. The van der Waals surface area contributed by atoms with Crippen LogP contribution < -0.4 is 5.73 Å². The highest BCUT2D eigenvalue weighted by Gasteiger charge is 2.05. The maximum Gasteiger partial charge on any atom is 0.267 e. The summed E-state index contributed by atoms with van der Waals surface area (Å²) in [7, 11) is 0. The average molecular weight is 219 g/mol. The summed E-state index contributed by atoms with van der Waals surface area (Å²) in [5, 5.41) is 0. The molecule has 1 heterocycles. The normalized spacial score (nSPS) is 9.64. The number of primary amides is 1. The summed E-state index contributed by atoms with van der Waals surface area (Å²) in [4.78, 5) is 13.7. The lowest BCUT2D eigenvalue weighted by Crippen LogP contribution is -2.13. The van der Waals surface area contributed by atoms with Gasteiger partial charge in [-0.2, -0.15) is 4.39 Å². The van der Waals surface area contributed by atoms with E-state index >= 15 is 0 Å². The van der Waals surface area contributed by atoms with Crippen molar-refractivity contribution in [3.63, 3.8) is 0 Å². The van der Waals surface area contributed by atoms with E-state index in [1.54, 1.807) is 0 Å². The number of amides is 1. The van der Waals surface area contributed by atoms with E-state index < -0.39 is 11.9 Å². The van der Waals surface area contributed by atoms with Crippen LogP contribution in [0.25, 0.3) is 0 Å². The molecule has 1 aromatic rings. The zero-order chi connectivity index (χ0) is 8.43. The molecule has 0 radical (unpaired) electrons. The van der Waals surface area contributed by atoms with E-state index in [1.807, 2.05) is 0 Å². The Labute approximate surface area is 70.6 Å². The number of hydrogen-bond acceptors (Lipinski definition) is 2. The third kappa shape index (κ3) is 1.74. The van der Waals surface area contributed by atoms with E-state index in [9.17, 15) is 9.18 Å². The van der Waals surface area contributed by atoms with Crippen LogP contribution in [-0.4, -0.2) is 10.9 Å². The monoisotopic (exact) mass is 218 g/mol. The summed E-state index contributed by atoms with van der Waals surface area (Å²) in [6.45, 7) is 0. The fraction of sp³-hybridized carbons (Fsp3) is 0. The molecule has 5 heteroatoms. The zero-order valence-electron chi connectivity index (χ0n) is 5.34. The number of aromatic nitrogens is 1. The van der Waals surface area contributed by atoms with Crippen molar-refractivity contribution in [1.29, 1.82) is 0 Å². The third-order valence-electron chi connectivity index (χ3n) is 1.06. The minimum Gasteiger partial charge on any atom is -0.364 e. The second-order valence-electron chi connectivity index (χ2n) is 1.83. The van der Waals surface area contributed by atoms with Gasteiger partial charge in [0.2, 0.25) is 5.95 Å². The maximum absolute atomic E-state index is 12.6. The van der Waals surface area contributed by atoms with Gasteiger partial charge in [-0.25, -0.2) is 4.98 Å². The van der Waals surface area contributed by atoms with E-state index in [4.69, 9.17) is 5.73 Å². The van der Waals surface area contributed by atoms with Crippen LogP contribution in [0.5, 0.6) is 0 Å². The molecule has 0 atom stereocenters. The summed E-state index contributed by atoms with van der Waals surface area (Å²) in [6.07, 6.45) is 0. The minimum absolute atomic E-state index is 0.0781. The molecule has 0 aliphatic carbocycles. The van der Waals surface area contributed by atoms with E-state index in [2.05, 4.69) is 20.9 Å². The van der Waals surface area contributed by atoms with E-state index in [1.165, 1.54) is 12.1 Å². The van der Waals surface area contributed by atoms with Gasteiger partial charge in [0.05, 0.1) is 4.47 Å². The smallest absolute Gasteiger partial charge is 0.267 e. The van der Waals surface area contributed by atoms with Gasteiger partial charge in [-0.15, -0.1) is 0 Å². The Balaban J connectivity index is 3.15. The van der Waals surface area contributed by atoms with Crippen molar-refractivity contribution in [2.45, 2.75) is 0 Å². The topological polar surface area (TPSA) is 56.0 Å². The number of hydrogen-bond donors (Lipinski definition) is 1. The molecule has 0 saturated carbocycles. The second kappa shape index (κ2) is 2.96. The molecule has 1 rings (SSSR count). The molecule has 0 aliphatic heterocycles. The molecular weight excluding hydrogens is 215 g/mol. The summed E-state index contributed by atoms with van der Waals surface area (Å²) in [6, 6.07) is 2.72. The maximum atomic E-state index is 12.6. The Morgan fingerprint density at radius 1 is 1.64 bits per heavy atom. The van der Waals surface area contributed by atoms with Crippen LogP contribution in [0, 0.1) is 5.95 Å². The van der Waals surface area contributed by atoms with Crippen LogP contribution in [-0.2, 0) is 0 Å². The SMILES string of the molecule is NC(=O)c1ccc(Br)c(F)n1. The third-order valence-corrected chi connectivity index (χ3v) is 1.65. The number of nitrogens with two attached hydrogens (primary N) is 1. The van der Waals surface area contributed by atoms with Crippen LogP contribution in [0.15, 0.2) is 16.6 Å². The van der Waals surface area contributed by atoms with Crippen molar-refractivity contribution >= 4 is 21.8 Å². The van der Waals surface area contributed by atoms with Crippen molar-refractivity contribution in [3.8, 4) is 0 Å². The van der Waals surface area contributed by atoms with Crippen molar-refractivity contribution in [3.05, 3.63) is 28.2 Å².